The van der Waals surface area contributed by atoms with Crippen LogP contribution in [0.4, 0.5) is 0 Å². The van der Waals surface area contributed by atoms with Crippen LogP contribution in [-0.4, -0.2) is 28.7 Å². The summed E-state index contributed by atoms with van der Waals surface area (Å²) >= 11 is 12.4. The van der Waals surface area contributed by atoms with E-state index in [9.17, 15) is 14.7 Å². The van der Waals surface area contributed by atoms with Gasteiger partial charge in [0.15, 0.2) is 0 Å². The van der Waals surface area contributed by atoms with E-state index in [-0.39, 0.29) is 23.7 Å². The van der Waals surface area contributed by atoms with Crippen LogP contribution in [0.1, 0.15) is 36.4 Å². The molecule has 0 radical (unpaired) electrons. The molecule has 8 heteroatoms. The van der Waals surface area contributed by atoms with Crippen molar-refractivity contribution >= 4 is 35.1 Å². The minimum absolute atomic E-state index is 0.00661. The van der Waals surface area contributed by atoms with Crippen molar-refractivity contribution in [3.63, 3.8) is 0 Å². The topological polar surface area (TPSA) is 92.4 Å². The Bertz CT molecular complexity index is 797. The van der Waals surface area contributed by atoms with Crippen molar-refractivity contribution < 1.29 is 19.2 Å². The lowest BCUT2D eigenvalue weighted by Gasteiger charge is -2.15. The lowest BCUT2D eigenvalue weighted by Crippen LogP contribution is -2.34. The Labute approximate surface area is 161 Å². The Morgan fingerprint density at radius 3 is 2.42 bits per heavy atom. The summed E-state index contributed by atoms with van der Waals surface area (Å²) in [6.07, 6.45) is 0.460. The zero-order chi connectivity index (χ0) is 19.4. The molecule has 140 valence electrons. The number of carboxylic acids is 1. The fourth-order valence-corrected chi connectivity index (χ4v) is 3.26. The molecule has 0 fully saturated rings. The summed E-state index contributed by atoms with van der Waals surface area (Å²) in [4.78, 5) is 24.0. The molecule has 1 atom stereocenters. The first-order valence-corrected chi connectivity index (χ1v) is 8.89. The number of rotatable bonds is 7. The summed E-state index contributed by atoms with van der Waals surface area (Å²) in [6, 6.07) is 4.96. The van der Waals surface area contributed by atoms with Gasteiger partial charge in [0.1, 0.15) is 17.0 Å². The zero-order valence-corrected chi connectivity index (χ0v) is 16.2. The number of carboxylic acid groups (broad SMARTS) is 1. The molecule has 6 nitrogen and oxygen atoms in total. The van der Waals surface area contributed by atoms with Gasteiger partial charge in [-0.1, -0.05) is 48.3 Å². The van der Waals surface area contributed by atoms with Gasteiger partial charge in [-0.3, -0.25) is 9.59 Å². The maximum absolute atomic E-state index is 12.7. The predicted octanol–water partition coefficient (Wildman–Crippen LogP) is 4.43. The van der Waals surface area contributed by atoms with E-state index in [0.717, 1.165) is 0 Å². The van der Waals surface area contributed by atoms with Crippen molar-refractivity contribution in [3.05, 3.63) is 39.6 Å². The Morgan fingerprint density at radius 2 is 1.88 bits per heavy atom. The van der Waals surface area contributed by atoms with Crippen LogP contribution >= 0.6 is 23.2 Å². The van der Waals surface area contributed by atoms with E-state index in [4.69, 9.17) is 27.7 Å². The van der Waals surface area contributed by atoms with Crippen LogP contribution in [0.25, 0.3) is 11.3 Å². The molecule has 1 aromatic carbocycles. The highest BCUT2D eigenvalue weighted by Crippen LogP contribution is 2.36. The second-order valence-electron chi connectivity index (χ2n) is 6.43. The van der Waals surface area contributed by atoms with E-state index >= 15 is 0 Å². The summed E-state index contributed by atoms with van der Waals surface area (Å²) in [5.74, 6) is -1.61. The number of carbonyl (C=O) groups excluding carboxylic acids is 1. The summed E-state index contributed by atoms with van der Waals surface area (Å²) in [5.41, 5.74) is 0.815. The molecular weight excluding hydrogens is 379 g/mol. The van der Waals surface area contributed by atoms with E-state index in [1.54, 1.807) is 25.1 Å². The molecule has 0 aliphatic rings. The van der Waals surface area contributed by atoms with E-state index < -0.39 is 17.8 Å². The molecule has 1 unspecified atom stereocenters. The average molecular weight is 399 g/mol. The molecule has 2 rings (SSSR count). The standard InChI is InChI=1S/C18H20Cl2N2O4/c1-9(2)7-11(18(24)25)8-21-17(23)14-10(3)26-22-16(14)15-12(19)5-4-6-13(15)20/h4-6,9,11H,7-8H2,1-3H3,(H,21,23)(H,24,25). The molecule has 0 saturated carbocycles. The van der Waals surface area contributed by atoms with Crippen molar-refractivity contribution in [2.75, 3.05) is 6.54 Å². The molecule has 2 aromatic rings. The third-order valence-corrected chi connectivity index (χ3v) is 4.53. The average Bonchev–Trinajstić information content (AvgIpc) is 2.92. The zero-order valence-electron chi connectivity index (χ0n) is 14.7. The number of amides is 1. The van der Waals surface area contributed by atoms with Crippen LogP contribution in [-0.2, 0) is 4.79 Å². The van der Waals surface area contributed by atoms with Crippen LogP contribution in [0.2, 0.25) is 10.0 Å². The lowest BCUT2D eigenvalue weighted by atomic mass is 9.97. The van der Waals surface area contributed by atoms with Crippen LogP contribution < -0.4 is 5.32 Å². The number of hydrogen-bond acceptors (Lipinski definition) is 4. The first kappa shape index (κ1) is 20.3. The molecule has 2 N–H and O–H groups in total. The van der Waals surface area contributed by atoms with Gasteiger partial charge in [-0.2, -0.15) is 0 Å². The van der Waals surface area contributed by atoms with Gasteiger partial charge in [0.25, 0.3) is 5.91 Å². The predicted molar refractivity (Wildman–Crippen MR) is 99.6 cm³/mol. The van der Waals surface area contributed by atoms with Gasteiger partial charge >= 0.3 is 5.97 Å². The van der Waals surface area contributed by atoms with Gasteiger partial charge in [0.05, 0.1) is 16.0 Å². The maximum Gasteiger partial charge on any atom is 0.308 e. The van der Waals surface area contributed by atoms with Gasteiger partial charge in [-0.25, -0.2) is 0 Å². The fourth-order valence-electron chi connectivity index (χ4n) is 2.68. The normalized spacial score (nSPS) is 12.2. The Kier molecular flexibility index (Phi) is 6.67. The van der Waals surface area contributed by atoms with Crippen molar-refractivity contribution in [1.82, 2.24) is 10.5 Å². The minimum Gasteiger partial charge on any atom is -0.481 e. The number of carbonyl (C=O) groups is 2. The molecule has 0 bridgehead atoms. The van der Waals surface area contributed by atoms with E-state index in [2.05, 4.69) is 10.5 Å². The molecule has 1 amide bonds. The molecular formula is C18H20Cl2N2O4. The van der Waals surface area contributed by atoms with E-state index in [1.165, 1.54) is 0 Å². The molecule has 0 saturated heterocycles. The van der Waals surface area contributed by atoms with Crippen molar-refractivity contribution in [2.24, 2.45) is 11.8 Å². The van der Waals surface area contributed by atoms with E-state index in [1.807, 2.05) is 13.8 Å². The van der Waals surface area contributed by atoms with Crippen LogP contribution in [0.5, 0.6) is 0 Å². The maximum atomic E-state index is 12.7. The number of halogens is 2. The second kappa shape index (κ2) is 8.56. The number of hydrogen-bond donors (Lipinski definition) is 2. The number of aromatic nitrogens is 1. The smallest absolute Gasteiger partial charge is 0.308 e. The number of aliphatic carboxylic acids is 1. The molecule has 26 heavy (non-hydrogen) atoms. The van der Waals surface area contributed by atoms with Crippen LogP contribution in [0.3, 0.4) is 0 Å². The third-order valence-electron chi connectivity index (χ3n) is 3.90. The summed E-state index contributed by atoms with van der Waals surface area (Å²) in [6.45, 7) is 5.46. The molecule has 0 aliphatic carbocycles. The SMILES string of the molecule is Cc1onc(-c2c(Cl)cccc2Cl)c1C(=O)NCC(CC(C)C)C(=O)O. The van der Waals surface area contributed by atoms with Crippen LogP contribution in [0, 0.1) is 18.8 Å². The number of aryl methyl sites for hydroxylation is 1. The number of nitrogens with zero attached hydrogens (tertiary/aromatic N) is 1. The van der Waals surface area contributed by atoms with Gasteiger partial charge in [-0.15, -0.1) is 0 Å². The first-order chi connectivity index (χ1) is 12.2. The quantitative estimate of drug-likeness (QED) is 0.719. The molecule has 0 aliphatic heterocycles. The van der Waals surface area contributed by atoms with E-state index in [0.29, 0.717) is 27.8 Å². The number of nitrogens with one attached hydrogen (secondary N) is 1. The molecule has 1 aromatic heterocycles. The van der Waals surface area contributed by atoms with Crippen molar-refractivity contribution in [1.29, 1.82) is 0 Å². The minimum atomic E-state index is -0.949. The van der Waals surface area contributed by atoms with Crippen LogP contribution in [0.15, 0.2) is 22.7 Å². The summed E-state index contributed by atoms with van der Waals surface area (Å²) in [5, 5.41) is 16.6. The highest BCUT2D eigenvalue weighted by Gasteiger charge is 2.26. The van der Waals surface area contributed by atoms with Gasteiger partial charge in [0, 0.05) is 12.1 Å². The van der Waals surface area contributed by atoms with Crippen molar-refractivity contribution in [2.45, 2.75) is 27.2 Å². The highest BCUT2D eigenvalue weighted by molar-refractivity contribution is 6.39. The van der Waals surface area contributed by atoms with Gasteiger partial charge in [-0.05, 0) is 31.4 Å². The first-order valence-electron chi connectivity index (χ1n) is 8.14. The molecule has 1 heterocycles. The largest absolute Gasteiger partial charge is 0.481 e. The number of benzene rings is 1. The molecule has 0 spiro atoms. The van der Waals surface area contributed by atoms with Gasteiger partial charge in [0.2, 0.25) is 0 Å². The monoisotopic (exact) mass is 398 g/mol. The second-order valence-corrected chi connectivity index (χ2v) is 7.25. The van der Waals surface area contributed by atoms with Crippen molar-refractivity contribution in [3.8, 4) is 11.3 Å². The Morgan fingerprint density at radius 1 is 1.27 bits per heavy atom. The summed E-state index contributed by atoms with van der Waals surface area (Å²) < 4.78 is 5.16. The third kappa shape index (κ3) is 4.56. The Balaban J connectivity index is 2.28. The summed E-state index contributed by atoms with van der Waals surface area (Å²) in [7, 11) is 0. The Hall–Kier alpha value is -2.05. The van der Waals surface area contributed by atoms with Gasteiger partial charge < -0.3 is 14.9 Å². The fraction of sp³-hybridized carbons (Fsp3) is 0.389. The lowest BCUT2D eigenvalue weighted by molar-refractivity contribution is -0.142. The highest BCUT2D eigenvalue weighted by atomic mass is 35.5.